The Kier molecular flexibility index (Phi) is 6.00. The Bertz CT molecular complexity index is 1170. The van der Waals surface area contributed by atoms with Crippen molar-refractivity contribution in [1.29, 1.82) is 0 Å². The number of methoxy groups -OCH3 is 1. The van der Waals surface area contributed by atoms with E-state index in [2.05, 4.69) is 4.98 Å². The molecule has 9 nitrogen and oxygen atoms in total. The Hall–Kier alpha value is -3.59. The van der Waals surface area contributed by atoms with Gasteiger partial charge in [0.25, 0.3) is 5.91 Å². The summed E-state index contributed by atoms with van der Waals surface area (Å²) in [7, 11) is 1.53. The van der Waals surface area contributed by atoms with Crippen molar-refractivity contribution in [2.24, 2.45) is 5.73 Å². The minimum absolute atomic E-state index is 0.121. The van der Waals surface area contributed by atoms with Gasteiger partial charge in [0.2, 0.25) is 11.8 Å². The highest BCUT2D eigenvalue weighted by atomic mass is 16.5. The van der Waals surface area contributed by atoms with E-state index in [9.17, 15) is 14.7 Å². The average molecular weight is 439 g/mol. The van der Waals surface area contributed by atoms with Gasteiger partial charge in [-0.25, -0.2) is 4.98 Å². The Labute approximate surface area is 184 Å². The minimum Gasteiger partial charge on any atom is -0.488 e. The standard InChI is InChI=1S/C23H25N3O6/c1-13-18(21(24)28)20-17(32-13)6-5-16(31-12-14-4-3-8-25-22(14)30-2)19(20)15-7-9-26(10-11-27)23(15)29/h3-6,8,15,27H,7,9-12H2,1-2H3,(H2,24,28). The summed E-state index contributed by atoms with van der Waals surface area (Å²) in [6, 6.07) is 7.06. The summed E-state index contributed by atoms with van der Waals surface area (Å²) in [5.41, 5.74) is 7.68. The molecule has 32 heavy (non-hydrogen) atoms. The van der Waals surface area contributed by atoms with Gasteiger partial charge in [-0.05, 0) is 37.6 Å². The van der Waals surface area contributed by atoms with Crippen molar-refractivity contribution in [2.75, 3.05) is 26.8 Å². The molecule has 9 heteroatoms. The van der Waals surface area contributed by atoms with E-state index in [0.29, 0.717) is 46.9 Å². The van der Waals surface area contributed by atoms with Crippen LogP contribution in [0.5, 0.6) is 11.6 Å². The lowest BCUT2D eigenvalue weighted by Crippen LogP contribution is -2.29. The van der Waals surface area contributed by atoms with E-state index < -0.39 is 11.8 Å². The number of nitrogens with two attached hydrogens (primary N) is 1. The molecule has 1 aliphatic rings. The molecule has 0 spiro atoms. The number of amides is 2. The van der Waals surface area contributed by atoms with Crippen LogP contribution in [-0.4, -0.2) is 53.6 Å². The Morgan fingerprint density at radius 2 is 2.19 bits per heavy atom. The molecule has 3 aromatic rings. The largest absolute Gasteiger partial charge is 0.488 e. The number of β-amino-alcohol motifs (C(OH)–C–C–N with tert-alkyl or cyclic N) is 1. The first kappa shape index (κ1) is 21.6. The number of nitrogens with zero attached hydrogens (tertiary/aromatic N) is 2. The maximum atomic E-state index is 13.1. The predicted octanol–water partition coefficient (Wildman–Crippen LogP) is 2.13. The van der Waals surface area contributed by atoms with Gasteiger partial charge in [-0.2, -0.15) is 0 Å². The molecule has 2 amide bonds. The SMILES string of the molecule is COc1ncccc1COc1ccc2oc(C)c(C(N)=O)c2c1C1CCN(CCO)C1=O. The van der Waals surface area contributed by atoms with Crippen LogP contribution in [0.4, 0.5) is 0 Å². The number of carbonyl (C=O) groups excluding carboxylic acids is 2. The van der Waals surface area contributed by atoms with Crippen LogP contribution < -0.4 is 15.2 Å². The summed E-state index contributed by atoms with van der Waals surface area (Å²) in [5.74, 6) is -0.0337. The number of furan rings is 1. The number of benzene rings is 1. The van der Waals surface area contributed by atoms with Gasteiger partial charge < -0.3 is 29.6 Å². The summed E-state index contributed by atoms with van der Waals surface area (Å²) < 4.78 is 17.2. The number of aliphatic hydroxyl groups is 1. The predicted molar refractivity (Wildman–Crippen MR) is 116 cm³/mol. The van der Waals surface area contributed by atoms with Crippen molar-refractivity contribution in [3.05, 3.63) is 52.9 Å². The molecule has 3 N–H and O–H groups in total. The molecule has 0 bridgehead atoms. The van der Waals surface area contributed by atoms with Crippen molar-refractivity contribution in [2.45, 2.75) is 25.9 Å². The summed E-state index contributed by atoms with van der Waals surface area (Å²) in [4.78, 5) is 31.2. The molecule has 1 saturated heterocycles. The van der Waals surface area contributed by atoms with Gasteiger partial charge in [-0.3, -0.25) is 9.59 Å². The van der Waals surface area contributed by atoms with Crippen LogP contribution in [0, 0.1) is 6.92 Å². The Morgan fingerprint density at radius 1 is 1.38 bits per heavy atom. The van der Waals surface area contributed by atoms with Crippen molar-refractivity contribution in [3.63, 3.8) is 0 Å². The molecule has 168 valence electrons. The molecule has 1 atom stereocenters. The van der Waals surface area contributed by atoms with Crippen LogP contribution in [0.2, 0.25) is 0 Å². The Morgan fingerprint density at radius 3 is 2.91 bits per heavy atom. The fourth-order valence-electron chi connectivity index (χ4n) is 4.31. The number of fused-ring (bicyclic) bond motifs is 1. The van der Waals surface area contributed by atoms with Gasteiger partial charge in [0.1, 0.15) is 23.7 Å². The molecular formula is C23H25N3O6. The topological polar surface area (TPSA) is 128 Å². The van der Waals surface area contributed by atoms with Gasteiger partial charge in [0, 0.05) is 30.2 Å². The lowest BCUT2D eigenvalue weighted by molar-refractivity contribution is -0.129. The molecule has 4 rings (SSSR count). The third kappa shape index (κ3) is 3.75. The number of rotatable bonds is 8. The van der Waals surface area contributed by atoms with E-state index in [4.69, 9.17) is 19.6 Å². The molecule has 1 aromatic carbocycles. The van der Waals surface area contributed by atoms with E-state index in [1.807, 2.05) is 6.07 Å². The first-order valence-corrected chi connectivity index (χ1v) is 10.3. The van der Waals surface area contributed by atoms with E-state index in [1.54, 1.807) is 36.2 Å². The number of carbonyl (C=O) groups is 2. The molecule has 1 fully saturated rings. The van der Waals surface area contributed by atoms with Crippen molar-refractivity contribution < 1.29 is 28.6 Å². The van der Waals surface area contributed by atoms with Crippen LogP contribution >= 0.6 is 0 Å². The number of pyridine rings is 1. The molecule has 1 aliphatic heterocycles. The lowest BCUT2D eigenvalue weighted by atomic mass is 9.91. The number of hydrogen-bond acceptors (Lipinski definition) is 7. The number of aryl methyl sites for hydroxylation is 1. The van der Waals surface area contributed by atoms with Gasteiger partial charge in [0.15, 0.2) is 0 Å². The molecule has 0 saturated carbocycles. The van der Waals surface area contributed by atoms with Crippen LogP contribution in [0.25, 0.3) is 11.0 Å². The van der Waals surface area contributed by atoms with E-state index >= 15 is 0 Å². The fraction of sp³-hybridized carbons (Fsp3) is 0.348. The molecule has 0 radical (unpaired) electrons. The zero-order valence-corrected chi connectivity index (χ0v) is 18.0. The molecule has 1 unspecified atom stereocenters. The summed E-state index contributed by atoms with van der Waals surface area (Å²) in [6.07, 6.45) is 2.15. The number of primary amides is 1. The second kappa shape index (κ2) is 8.88. The third-order valence-corrected chi connectivity index (χ3v) is 5.72. The summed E-state index contributed by atoms with van der Waals surface area (Å²) in [5, 5.41) is 9.79. The number of likely N-dealkylation sites (tertiary alicyclic amines) is 1. The van der Waals surface area contributed by atoms with Gasteiger partial charge in [-0.1, -0.05) is 0 Å². The van der Waals surface area contributed by atoms with Gasteiger partial charge in [-0.15, -0.1) is 0 Å². The van der Waals surface area contributed by atoms with Gasteiger partial charge in [0.05, 0.1) is 30.8 Å². The molecule has 2 aromatic heterocycles. The van der Waals surface area contributed by atoms with Crippen LogP contribution in [-0.2, 0) is 11.4 Å². The first-order valence-electron chi connectivity index (χ1n) is 10.3. The maximum absolute atomic E-state index is 13.1. The molecule has 3 heterocycles. The monoisotopic (exact) mass is 439 g/mol. The zero-order chi connectivity index (χ0) is 22.8. The minimum atomic E-state index is -0.633. The summed E-state index contributed by atoms with van der Waals surface area (Å²) in [6.45, 7) is 2.45. The fourth-order valence-corrected chi connectivity index (χ4v) is 4.31. The summed E-state index contributed by atoms with van der Waals surface area (Å²) >= 11 is 0. The highest BCUT2D eigenvalue weighted by Crippen LogP contribution is 2.43. The number of ether oxygens (including phenoxy) is 2. The van der Waals surface area contributed by atoms with Gasteiger partial charge >= 0.3 is 0 Å². The zero-order valence-electron chi connectivity index (χ0n) is 18.0. The van der Waals surface area contributed by atoms with E-state index in [0.717, 1.165) is 5.56 Å². The normalized spacial score (nSPS) is 16.0. The highest BCUT2D eigenvalue weighted by Gasteiger charge is 2.37. The second-order valence-electron chi connectivity index (χ2n) is 7.60. The van der Waals surface area contributed by atoms with Crippen LogP contribution in [0.1, 0.15) is 39.6 Å². The Balaban J connectivity index is 1.82. The van der Waals surface area contributed by atoms with Crippen LogP contribution in [0.15, 0.2) is 34.9 Å². The molecule has 0 aliphatic carbocycles. The van der Waals surface area contributed by atoms with E-state index in [1.165, 1.54) is 7.11 Å². The van der Waals surface area contributed by atoms with Crippen molar-refractivity contribution in [1.82, 2.24) is 9.88 Å². The average Bonchev–Trinajstić information content (AvgIpc) is 3.31. The quantitative estimate of drug-likeness (QED) is 0.550. The highest BCUT2D eigenvalue weighted by molar-refractivity contribution is 6.09. The van der Waals surface area contributed by atoms with E-state index in [-0.39, 0.29) is 31.2 Å². The second-order valence-corrected chi connectivity index (χ2v) is 7.60. The van der Waals surface area contributed by atoms with Crippen LogP contribution in [0.3, 0.4) is 0 Å². The third-order valence-electron chi connectivity index (χ3n) is 5.72. The maximum Gasteiger partial charge on any atom is 0.252 e. The van der Waals surface area contributed by atoms with Crippen molar-refractivity contribution in [3.8, 4) is 11.6 Å². The number of aromatic nitrogens is 1. The first-order chi connectivity index (χ1) is 15.5. The smallest absolute Gasteiger partial charge is 0.252 e. The molecular weight excluding hydrogens is 414 g/mol. The number of aliphatic hydroxyl groups excluding tert-OH is 1. The van der Waals surface area contributed by atoms with Crippen molar-refractivity contribution >= 4 is 22.8 Å². The number of hydrogen-bond donors (Lipinski definition) is 2. The lowest BCUT2D eigenvalue weighted by Gasteiger charge is -2.19.